The number of benzene rings is 1. The fourth-order valence-corrected chi connectivity index (χ4v) is 4.84. The van der Waals surface area contributed by atoms with E-state index in [4.69, 9.17) is 17.0 Å². The fourth-order valence-electron chi connectivity index (χ4n) is 2.12. The number of thioether (sulfide) groups is 1. The molecular weight excluding hydrogens is 474 g/mol. The zero-order valence-corrected chi connectivity index (χ0v) is 18.1. The van der Waals surface area contributed by atoms with Crippen LogP contribution in [0.1, 0.15) is 19.4 Å². The molecule has 1 fully saturated rings. The summed E-state index contributed by atoms with van der Waals surface area (Å²) in [5.74, 6) is 1.05. The summed E-state index contributed by atoms with van der Waals surface area (Å²) in [6, 6.07) is 3.83. The van der Waals surface area contributed by atoms with Crippen molar-refractivity contribution in [1.82, 2.24) is 4.90 Å². The van der Waals surface area contributed by atoms with Gasteiger partial charge in [0.1, 0.15) is 16.7 Å². The normalized spacial score (nSPS) is 16.4. The van der Waals surface area contributed by atoms with Gasteiger partial charge in [0.15, 0.2) is 0 Å². The van der Waals surface area contributed by atoms with Gasteiger partial charge in [0.05, 0.1) is 13.9 Å². The second-order valence-corrected chi connectivity index (χ2v) is 8.98. The minimum Gasteiger partial charge on any atom is -0.487 e. The van der Waals surface area contributed by atoms with E-state index in [1.807, 2.05) is 18.2 Å². The number of halogens is 2. The van der Waals surface area contributed by atoms with E-state index in [2.05, 4.69) is 52.3 Å². The molecule has 0 radical (unpaired) electrons. The molecule has 0 aliphatic carbocycles. The number of rotatable bonds is 6. The number of carbonyl (C=O) groups excluding carboxylic acids is 1. The van der Waals surface area contributed by atoms with Gasteiger partial charge in [-0.3, -0.25) is 9.69 Å². The topological polar surface area (TPSA) is 29.5 Å². The van der Waals surface area contributed by atoms with E-state index < -0.39 is 0 Å². The van der Waals surface area contributed by atoms with Crippen LogP contribution in [-0.2, 0) is 4.79 Å². The number of carbonyl (C=O) groups is 1. The van der Waals surface area contributed by atoms with Crippen molar-refractivity contribution in [2.45, 2.75) is 13.8 Å². The highest BCUT2D eigenvalue weighted by molar-refractivity contribution is 9.11. The smallest absolute Gasteiger partial charge is 0.266 e. The van der Waals surface area contributed by atoms with Gasteiger partial charge in [-0.15, -0.1) is 0 Å². The van der Waals surface area contributed by atoms with Crippen molar-refractivity contribution in [2.24, 2.45) is 5.92 Å². The summed E-state index contributed by atoms with van der Waals surface area (Å²) in [4.78, 5) is 14.8. The Kier molecular flexibility index (Phi) is 7.10. The van der Waals surface area contributed by atoms with Gasteiger partial charge >= 0.3 is 0 Å². The highest BCUT2D eigenvalue weighted by Gasteiger charge is 2.32. The first-order valence-corrected chi connectivity index (χ1v) is 10.1. The van der Waals surface area contributed by atoms with Gasteiger partial charge < -0.3 is 4.74 Å². The number of hydrogen-bond acceptors (Lipinski definition) is 4. The molecule has 1 aromatic rings. The van der Waals surface area contributed by atoms with Gasteiger partial charge in [-0.2, -0.15) is 0 Å². The van der Waals surface area contributed by atoms with Crippen molar-refractivity contribution in [3.63, 3.8) is 0 Å². The Morgan fingerprint density at radius 2 is 2.00 bits per heavy atom. The van der Waals surface area contributed by atoms with E-state index >= 15 is 0 Å². The highest BCUT2D eigenvalue weighted by Crippen LogP contribution is 2.38. The second-order valence-electron chi connectivity index (χ2n) is 5.60. The standard InChI is InChI=1S/C17H17Br2NO2S2/c1-4-5-22-15-12(18)6-11(7-13(15)19)8-14-16(21)20(9-10(2)3)17(23)24-14/h4,6-8,10H,1,5,9H2,2-3H3/b14-8-. The van der Waals surface area contributed by atoms with Crippen LogP contribution >= 0.6 is 55.8 Å². The van der Waals surface area contributed by atoms with Crippen LogP contribution in [-0.4, -0.2) is 28.3 Å². The van der Waals surface area contributed by atoms with E-state index in [1.165, 1.54) is 11.8 Å². The van der Waals surface area contributed by atoms with E-state index in [0.717, 1.165) is 14.5 Å². The molecule has 128 valence electrons. The lowest BCUT2D eigenvalue weighted by atomic mass is 10.2. The summed E-state index contributed by atoms with van der Waals surface area (Å²) in [6.07, 6.45) is 3.54. The first kappa shape index (κ1) is 19.7. The maximum Gasteiger partial charge on any atom is 0.266 e. The van der Waals surface area contributed by atoms with Gasteiger partial charge in [-0.1, -0.05) is 50.5 Å². The van der Waals surface area contributed by atoms with Gasteiger partial charge in [-0.05, 0) is 61.5 Å². The average molecular weight is 491 g/mol. The third-order valence-corrected chi connectivity index (χ3v) is 5.64. The van der Waals surface area contributed by atoms with E-state index in [9.17, 15) is 4.79 Å². The van der Waals surface area contributed by atoms with Gasteiger partial charge in [0.25, 0.3) is 5.91 Å². The monoisotopic (exact) mass is 489 g/mol. The Morgan fingerprint density at radius 1 is 1.38 bits per heavy atom. The second kappa shape index (κ2) is 8.65. The molecule has 1 heterocycles. The number of amides is 1. The van der Waals surface area contributed by atoms with Crippen LogP contribution in [0, 0.1) is 5.92 Å². The molecule has 0 saturated carbocycles. The summed E-state index contributed by atoms with van der Waals surface area (Å²) in [6.45, 7) is 8.84. The van der Waals surface area contributed by atoms with Crippen molar-refractivity contribution in [3.8, 4) is 5.75 Å². The first-order valence-electron chi connectivity index (χ1n) is 7.31. The van der Waals surface area contributed by atoms with Crippen molar-refractivity contribution < 1.29 is 9.53 Å². The zero-order valence-electron chi connectivity index (χ0n) is 13.3. The first-order chi connectivity index (χ1) is 11.3. The molecule has 0 spiro atoms. The minimum atomic E-state index is -0.0297. The van der Waals surface area contributed by atoms with Crippen LogP contribution < -0.4 is 4.74 Å². The average Bonchev–Trinajstić information content (AvgIpc) is 2.74. The van der Waals surface area contributed by atoms with Gasteiger partial charge in [-0.25, -0.2) is 0 Å². The molecule has 2 rings (SSSR count). The van der Waals surface area contributed by atoms with Crippen LogP contribution in [0.15, 0.2) is 38.6 Å². The van der Waals surface area contributed by atoms with E-state index in [1.54, 1.807) is 11.0 Å². The number of hydrogen-bond donors (Lipinski definition) is 0. The lowest BCUT2D eigenvalue weighted by Crippen LogP contribution is -2.31. The maximum absolute atomic E-state index is 12.5. The van der Waals surface area contributed by atoms with Crippen molar-refractivity contribution >= 4 is 72.1 Å². The van der Waals surface area contributed by atoms with Crippen LogP contribution in [0.3, 0.4) is 0 Å². The van der Waals surface area contributed by atoms with Crippen LogP contribution in [0.5, 0.6) is 5.75 Å². The molecule has 7 heteroatoms. The minimum absolute atomic E-state index is 0.0297. The lowest BCUT2D eigenvalue weighted by Gasteiger charge is -2.16. The molecule has 1 amide bonds. The molecule has 0 N–H and O–H groups in total. The third kappa shape index (κ3) is 4.71. The molecule has 0 atom stereocenters. The zero-order chi connectivity index (χ0) is 17.9. The Bertz CT molecular complexity index is 694. The molecule has 0 bridgehead atoms. The number of ether oxygens (including phenoxy) is 1. The number of nitrogens with zero attached hydrogens (tertiary/aromatic N) is 1. The van der Waals surface area contributed by atoms with Gasteiger partial charge in [0.2, 0.25) is 0 Å². The predicted octanol–water partition coefficient (Wildman–Crippen LogP) is 5.63. The summed E-state index contributed by atoms with van der Waals surface area (Å²) < 4.78 is 7.84. The summed E-state index contributed by atoms with van der Waals surface area (Å²) >= 11 is 13.7. The quantitative estimate of drug-likeness (QED) is 0.293. The highest BCUT2D eigenvalue weighted by atomic mass is 79.9. The van der Waals surface area contributed by atoms with Gasteiger partial charge in [0, 0.05) is 6.54 Å². The molecule has 0 unspecified atom stereocenters. The molecular formula is C17H17Br2NO2S2. The molecule has 24 heavy (non-hydrogen) atoms. The third-order valence-electron chi connectivity index (χ3n) is 3.09. The molecule has 0 aromatic heterocycles. The predicted molar refractivity (Wildman–Crippen MR) is 112 cm³/mol. The lowest BCUT2D eigenvalue weighted by molar-refractivity contribution is -0.122. The van der Waals surface area contributed by atoms with E-state index in [0.29, 0.717) is 34.0 Å². The summed E-state index contributed by atoms with van der Waals surface area (Å²) in [5.41, 5.74) is 0.893. The van der Waals surface area contributed by atoms with Crippen LogP contribution in [0.4, 0.5) is 0 Å². The van der Waals surface area contributed by atoms with Crippen molar-refractivity contribution in [1.29, 1.82) is 0 Å². The van der Waals surface area contributed by atoms with Crippen molar-refractivity contribution in [2.75, 3.05) is 13.2 Å². The fraction of sp³-hybridized carbons (Fsp3) is 0.294. The summed E-state index contributed by atoms with van der Waals surface area (Å²) in [7, 11) is 0. The maximum atomic E-state index is 12.5. The van der Waals surface area contributed by atoms with E-state index in [-0.39, 0.29) is 5.91 Å². The molecule has 1 aliphatic heterocycles. The van der Waals surface area contributed by atoms with Crippen LogP contribution in [0.2, 0.25) is 0 Å². The molecule has 3 nitrogen and oxygen atoms in total. The Labute approximate surface area is 168 Å². The Morgan fingerprint density at radius 3 is 2.54 bits per heavy atom. The molecule has 1 aliphatic rings. The number of thiocarbonyl (C=S) groups is 1. The van der Waals surface area contributed by atoms with Crippen LogP contribution in [0.25, 0.3) is 6.08 Å². The Hall–Kier alpha value is -0.630. The molecule has 1 saturated heterocycles. The Balaban J connectivity index is 2.27. The largest absolute Gasteiger partial charge is 0.487 e. The SMILES string of the molecule is C=CCOc1c(Br)cc(/C=C2\SC(=S)N(CC(C)C)C2=O)cc1Br. The molecule has 1 aromatic carbocycles. The van der Waals surface area contributed by atoms with Crippen molar-refractivity contribution in [3.05, 3.63) is 44.2 Å². The summed E-state index contributed by atoms with van der Waals surface area (Å²) in [5, 5.41) is 0.